The van der Waals surface area contributed by atoms with E-state index >= 15 is 0 Å². The van der Waals surface area contributed by atoms with Gasteiger partial charge in [0.2, 0.25) is 0 Å². The molecule has 0 saturated carbocycles. The molecule has 21 heavy (non-hydrogen) atoms. The monoisotopic (exact) mass is 298 g/mol. The smallest absolute Gasteiger partial charge is 0.313 e. The van der Waals surface area contributed by atoms with Crippen molar-refractivity contribution in [1.82, 2.24) is 0 Å². The molecular formula is C14H19FN2O4. The summed E-state index contributed by atoms with van der Waals surface area (Å²) >= 11 is 0. The van der Waals surface area contributed by atoms with Crippen LogP contribution in [0, 0.1) is 15.9 Å². The Labute approximate surface area is 122 Å². The quantitative estimate of drug-likeness (QED) is 0.618. The first-order valence-corrected chi connectivity index (χ1v) is 6.95. The average Bonchev–Trinajstić information content (AvgIpc) is 2.47. The lowest BCUT2D eigenvalue weighted by Gasteiger charge is -2.34. The van der Waals surface area contributed by atoms with Gasteiger partial charge in [-0.2, -0.15) is 0 Å². The first kappa shape index (κ1) is 15.5. The Balaban J connectivity index is 2.28. The molecule has 0 bridgehead atoms. The summed E-state index contributed by atoms with van der Waals surface area (Å²) < 4.78 is 24.8. The third kappa shape index (κ3) is 3.41. The van der Waals surface area contributed by atoms with Gasteiger partial charge in [-0.15, -0.1) is 0 Å². The lowest BCUT2D eigenvalue weighted by molar-refractivity contribution is -0.385. The molecule has 7 heteroatoms. The summed E-state index contributed by atoms with van der Waals surface area (Å²) in [6, 6.07) is 2.31. The van der Waals surface area contributed by atoms with Crippen molar-refractivity contribution in [3.8, 4) is 5.75 Å². The van der Waals surface area contributed by atoms with E-state index in [9.17, 15) is 14.5 Å². The minimum Gasteiger partial charge on any atom is -0.490 e. The summed E-state index contributed by atoms with van der Waals surface area (Å²) in [5, 5.41) is 10.9. The predicted molar refractivity (Wildman–Crippen MR) is 76.5 cm³/mol. The zero-order valence-electron chi connectivity index (χ0n) is 12.2. The van der Waals surface area contributed by atoms with Crippen molar-refractivity contribution in [2.24, 2.45) is 0 Å². The number of piperidine rings is 1. The zero-order chi connectivity index (χ0) is 15.4. The highest BCUT2D eigenvalue weighted by molar-refractivity contribution is 5.60. The van der Waals surface area contributed by atoms with Crippen LogP contribution in [0.1, 0.15) is 19.8 Å². The van der Waals surface area contributed by atoms with E-state index in [2.05, 4.69) is 0 Å². The molecule has 0 aromatic heterocycles. The Morgan fingerprint density at radius 1 is 1.52 bits per heavy atom. The van der Waals surface area contributed by atoms with E-state index in [0.29, 0.717) is 25.4 Å². The van der Waals surface area contributed by atoms with E-state index in [-0.39, 0.29) is 17.5 Å². The third-order valence-corrected chi connectivity index (χ3v) is 3.57. The summed E-state index contributed by atoms with van der Waals surface area (Å²) in [4.78, 5) is 12.1. The van der Waals surface area contributed by atoms with Gasteiger partial charge in [0.15, 0.2) is 11.6 Å². The van der Waals surface area contributed by atoms with Crippen LogP contribution in [-0.2, 0) is 4.74 Å². The molecule has 1 atom stereocenters. The number of nitro benzene ring substituents is 1. The largest absolute Gasteiger partial charge is 0.490 e. The van der Waals surface area contributed by atoms with Crippen molar-refractivity contribution in [2.45, 2.75) is 25.9 Å². The number of anilines is 1. The highest BCUT2D eigenvalue weighted by Gasteiger charge is 2.26. The second-order valence-electron chi connectivity index (χ2n) is 4.90. The molecule has 1 aliphatic rings. The highest BCUT2D eigenvalue weighted by Crippen LogP contribution is 2.35. The number of hydrogen-bond acceptors (Lipinski definition) is 5. The van der Waals surface area contributed by atoms with E-state index in [4.69, 9.17) is 9.47 Å². The van der Waals surface area contributed by atoms with Gasteiger partial charge < -0.3 is 14.4 Å². The zero-order valence-corrected chi connectivity index (χ0v) is 12.2. The molecule has 1 saturated heterocycles. The molecule has 0 aliphatic carbocycles. The lowest BCUT2D eigenvalue weighted by atomic mass is 10.1. The number of rotatable bonds is 5. The van der Waals surface area contributed by atoms with Crippen molar-refractivity contribution >= 4 is 11.4 Å². The van der Waals surface area contributed by atoms with Gasteiger partial charge in [-0.05, 0) is 19.8 Å². The molecule has 1 aromatic rings. The first-order valence-electron chi connectivity index (χ1n) is 6.95. The van der Waals surface area contributed by atoms with E-state index in [0.717, 1.165) is 18.9 Å². The van der Waals surface area contributed by atoms with E-state index in [1.54, 1.807) is 0 Å². The second kappa shape index (κ2) is 6.71. The fourth-order valence-corrected chi connectivity index (χ4v) is 2.61. The molecule has 0 N–H and O–H groups in total. The van der Waals surface area contributed by atoms with Crippen LogP contribution >= 0.6 is 0 Å². The summed E-state index contributed by atoms with van der Waals surface area (Å²) in [6.45, 7) is 3.81. The van der Waals surface area contributed by atoms with Crippen molar-refractivity contribution in [2.75, 3.05) is 31.7 Å². The fraction of sp³-hybridized carbons (Fsp3) is 0.571. The Kier molecular flexibility index (Phi) is 4.95. The predicted octanol–water partition coefficient (Wildman–Crippen LogP) is 2.75. The van der Waals surface area contributed by atoms with Gasteiger partial charge in [0.05, 0.1) is 29.9 Å². The van der Waals surface area contributed by atoms with Gasteiger partial charge in [-0.25, -0.2) is 4.39 Å². The number of benzene rings is 1. The minimum absolute atomic E-state index is 0.0596. The molecule has 0 amide bonds. The Bertz CT molecular complexity index is 522. The maximum Gasteiger partial charge on any atom is 0.313 e. The molecule has 1 aromatic carbocycles. The van der Waals surface area contributed by atoms with Crippen molar-refractivity contribution < 1.29 is 18.8 Å². The molecule has 1 unspecified atom stereocenters. The summed E-state index contributed by atoms with van der Waals surface area (Å²) in [7, 11) is 1.34. The summed E-state index contributed by atoms with van der Waals surface area (Å²) in [5.74, 6) is -0.547. The van der Waals surface area contributed by atoms with Gasteiger partial charge >= 0.3 is 5.69 Å². The van der Waals surface area contributed by atoms with Crippen LogP contribution in [0.15, 0.2) is 12.1 Å². The van der Waals surface area contributed by atoms with Crippen LogP contribution in [0.3, 0.4) is 0 Å². The SMILES string of the molecule is CCOC1CCCN(c2cc(OC)c([N+](=O)[O-])cc2F)C1. The summed E-state index contributed by atoms with van der Waals surface area (Å²) in [5.41, 5.74) is -0.0426. The van der Waals surface area contributed by atoms with Crippen LogP contribution < -0.4 is 9.64 Å². The van der Waals surface area contributed by atoms with Crippen molar-refractivity contribution in [1.29, 1.82) is 0 Å². The maximum atomic E-state index is 14.2. The molecule has 116 valence electrons. The molecule has 1 heterocycles. The Morgan fingerprint density at radius 3 is 2.90 bits per heavy atom. The molecule has 6 nitrogen and oxygen atoms in total. The van der Waals surface area contributed by atoms with E-state index in [1.807, 2.05) is 11.8 Å². The molecule has 1 aliphatic heterocycles. The van der Waals surface area contributed by atoms with Crippen LogP contribution in [0.5, 0.6) is 5.75 Å². The van der Waals surface area contributed by atoms with Crippen LogP contribution in [-0.4, -0.2) is 37.8 Å². The third-order valence-electron chi connectivity index (χ3n) is 3.57. The summed E-state index contributed by atoms with van der Waals surface area (Å²) in [6.07, 6.45) is 1.89. The molecule has 0 spiro atoms. The molecule has 0 radical (unpaired) electrons. The van der Waals surface area contributed by atoms with Crippen molar-refractivity contribution in [3.63, 3.8) is 0 Å². The molecule has 1 fully saturated rings. The Morgan fingerprint density at radius 2 is 2.29 bits per heavy atom. The van der Waals surface area contributed by atoms with Gasteiger partial charge in [0.25, 0.3) is 0 Å². The number of ether oxygens (including phenoxy) is 2. The molecule has 2 rings (SSSR count). The fourth-order valence-electron chi connectivity index (χ4n) is 2.61. The topological polar surface area (TPSA) is 64.8 Å². The normalized spacial score (nSPS) is 18.6. The van der Waals surface area contributed by atoms with Crippen molar-refractivity contribution in [3.05, 3.63) is 28.1 Å². The maximum absolute atomic E-state index is 14.2. The van der Waals surface area contributed by atoms with Gasteiger partial charge in [0.1, 0.15) is 0 Å². The van der Waals surface area contributed by atoms with Crippen LogP contribution in [0.2, 0.25) is 0 Å². The first-order chi connectivity index (χ1) is 10.1. The van der Waals surface area contributed by atoms with Gasteiger partial charge in [-0.3, -0.25) is 10.1 Å². The second-order valence-corrected chi connectivity index (χ2v) is 4.90. The van der Waals surface area contributed by atoms with Gasteiger partial charge in [0, 0.05) is 25.8 Å². The van der Waals surface area contributed by atoms with E-state index < -0.39 is 10.7 Å². The highest BCUT2D eigenvalue weighted by atomic mass is 19.1. The standard InChI is InChI=1S/C14H19FN2O4/c1-3-21-10-5-4-6-16(9-10)12-8-14(20-2)13(17(18)19)7-11(12)15/h7-8,10H,3-6,9H2,1-2H3. The van der Waals surface area contributed by atoms with Gasteiger partial charge in [-0.1, -0.05) is 0 Å². The minimum atomic E-state index is -0.648. The lowest BCUT2D eigenvalue weighted by Crippen LogP contribution is -2.40. The number of hydrogen-bond donors (Lipinski definition) is 0. The van der Waals surface area contributed by atoms with Crippen LogP contribution in [0.25, 0.3) is 0 Å². The number of halogens is 1. The van der Waals surface area contributed by atoms with Crippen LogP contribution in [0.4, 0.5) is 15.8 Å². The number of nitrogens with zero attached hydrogens (tertiary/aromatic N) is 2. The Hall–Kier alpha value is -1.89. The average molecular weight is 298 g/mol. The number of nitro groups is 1. The number of methoxy groups -OCH3 is 1. The molecular weight excluding hydrogens is 279 g/mol. The van der Waals surface area contributed by atoms with E-state index in [1.165, 1.54) is 13.2 Å².